The maximum absolute atomic E-state index is 12.3. The minimum atomic E-state index is -0.346. The molecule has 1 aromatic carbocycles. The normalized spacial score (nSPS) is 13.1. The van der Waals surface area contributed by atoms with Crippen LogP contribution in [0.15, 0.2) is 42.6 Å². The van der Waals surface area contributed by atoms with Crippen LogP contribution in [0.1, 0.15) is 0 Å². The molecule has 0 unspecified atom stereocenters. The molecule has 1 aliphatic heterocycles. The summed E-state index contributed by atoms with van der Waals surface area (Å²) in [6.45, 7) is -0.197. The van der Waals surface area contributed by atoms with Crippen molar-refractivity contribution in [2.24, 2.45) is 0 Å². The molecule has 23 heavy (non-hydrogen) atoms. The van der Waals surface area contributed by atoms with Crippen LogP contribution >= 0.6 is 0 Å². The third kappa shape index (κ3) is 3.08. The van der Waals surface area contributed by atoms with Crippen molar-refractivity contribution in [3.8, 4) is 11.6 Å². The molecule has 0 fully saturated rings. The van der Waals surface area contributed by atoms with Gasteiger partial charge in [0.25, 0.3) is 5.91 Å². The Morgan fingerprint density at radius 1 is 1.35 bits per heavy atom. The second-order valence-electron chi connectivity index (χ2n) is 4.84. The number of para-hydroxylation sites is 2. The van der Waals surface area contributed by atoms with Crippen molar-refractivity contribution in [2.75, 3.05) is 30.5 Å². The lowest BCUT2D eigenvalue weighted by Gasteiger charge is -2.28. The maximum Gasteiger partial charge on any atom is 0.265 e. The van der Waals surface area contributed by atoms with Crippen LogP contribution in [0.3, 0.4) is 0 Å². The van der Waals surface area contributed by atoms with E-state index in [2.05, 4.69) is 10.3 Å². The van der Waals surface area contributed by atoms with Gasteiger partial charge in [0.05, 0.1) is 12.8 Å². The van der Waals surface area contributed by atoms with Crippen molar-refractivity contribution in [3.05, 3.63) is 42.6 Å². The molecule has 0 aliphatic carbocycles. The average molecular weight is 313 g/mol. The summed E-state index contributed by atoms with van der Waals surface area (Å²) in [5.41, 5.74) is 1.03. The molecule has 0 radical (unpaired) electrons. The zero-order valence-corrected chi connectivity index (χ0v) is 12.5. The molecular weight excluding hydrogens is 298 g/mol. The lowest BCUT2D eigenvalue weighted by molar-refractivity contribution is -0.123. The first kappa shape index (κ1) is 14.8. The molecule has 2 amide bonds. The van der Waals surface area contributed by atoms with Crippen LogP contribution < -0.4 is 19.7 Å². The Morgan fingerprint density at radius 2 is 2.17 bits per heavy atom. The summed E-state index contributed by atoms with van der Waals surface area (Å²) in [6.07, 6.45) is 1.57. The highest BCUT2D eigenvalue weighted by molar-refractivity contribution is 6.05. The zero-order valence-electron chi connectivity index (χ0n) is 12.5. The minimum Gasteiger partial charge on any atom is -0.482 e. The molecule has 0 bridgehead atoms. The summed E-state index contributed by atoms with van der Waals surface area (Å²) in [5.74, 6) is 0.284. The van der Waals surface area contributed by atoms with E-state index < -0.39 is 0 Å². The van der Waals surface area contributed by atoms with Gasteiger partial charge in [0.2, 0.25) is 11.8 Å². The molecule has 7 heteroatoms. The number of ether oxygens (including phenoxy) is 2. The number of aromatic nitrogens is 1. The number of anilines is 2. The summed E-state index contributed by atoms with van der Waals surface area (Å²) in [7, 11) is 1.47. The molecule has 2 heterocycles. The van der Waals surface area contributed by atoms with Crippen molar-refractivity contribution in [2.45, 2.75) is 0 Å². The second-order valence-corrected chi connectivity index (χ2v) is 4.84. The van der Waals surface area contributed by atoms with Gasteiger partial charge in [-0.25, -0.2) is 4.98 Å². The van der Waals surface area contributed by atoms with Crippen LogP contribution in [-0.4, -0.2) is 37.1 Å². The number of benzene rings is 1. The third-order valence-corrected chi connectivity index (χ3v) is 3.35. The minimum absolute atomic E-state index is 0.0828. The van der Waals surface area contributed by atoms with E-state index in [1.165, 1.54) is 12.0 Å². The van der Waals surface area contributed by atoms with Gasteiger partial charge in [-0.2, -0.15) is 0 Å². The van der Waals surface area contributed by atoms with E-state index in [1.807, 2.05) is 6.07 Å². The molecule has 7 nitrogen and oxygen atoms in total. The van der Waals surface area contributed by atoms with Crippen LogP contribution in [0.25, 0.3) is 0 Å². The molecule has 0 saturated heterocycles. The first-order valence-electron chi connectivity index (χ1n) is 7.00. The van der Waals surface area contributed by atoms with Crippen LogP contribution in [0.4, 0.5) is 11.4 Å². The van der Waals surface area contributed by atoms with Crippen LogP contribution in [0.2, 0.25) is 0 Å². The number of carbonyl (C=O) groups excluding carboxylic acids is 2. The monoisotopic (exact) mass is 313 g/mol. The quantitative estimate of drug-likeness (QED) is 0.924. The molecule has 0 saturated carbocycles. The molecule has 0 atom stereocenters. The topological polar surface area (TPSA) is 80.8 Å². The Bertz CT molecular complexity index is 748. The summed E-state index contributed by atoms with van der Waals surface area (Å²) >= 11 is 0. The summed E-state index contributed by atoms with van der Waals surface area (Å²) in [6, 6.07) is 10.5. The van der Waals surface area contributed by atoms with E-state index in [0.717, 1.165) is 0 Å². The first-order chi connectivity index (χ1) is 11.2. The highest BCUT2D eigenvalue weighted by Gasteiger charge is 2.27. The van der Waals surface area contributed by atoms with Crippen molar-refractivity contribution in [1.82, 2.24) is 4.98 Å². The van der Waals surface area contributed by atoms with Crippen molar-refractivity contribution >= 4 is 23.2 Å². The molecule has 118 valence electrons. The Morgan fingerprint density at radius 3 is 3.00 bits per heavy atom. The summed E-state index contributed by atoms with van der Waals surface area (Å²) in [4.78, 5) is 29.7. The van der Waals surface area contributed by atoms with Gasteiger partial charge in [0, 0.05) is 6.20 Å². The van der Waals surface area contributed by atoms with E-state index >= 15 is 0 Å². The van der Waals surface area contributed by atoms with Gasteiger partial charge in [-0.05, 0) is 24.3 Å². The van der Waals surface area contributed by atoms with E-state index in [9.17, 15) is 9.59 Å². The molecule has 3 rings (SSSR count). The molecule has 0 spiro atoms. The van der Waals surface area contributed by atoms with E-state index in [0.29, 0.717) is 23.0 Å². The highest BCUT2D eigenvalue weighted by Crippen LogP contribution is 2.31. The average Bonchev–Trinajstić information content (AvgIpc) is 2.58. The maximum atomic E-state index is 12.3. The second kappa shape index (κ2) is 6.35. The van der Waals surface area contributed by atoms with Gasteiger partial charge in [-0.15, -0.1) is 0 Å². The Hall–Kier alpha value is -3.09. The molecule has 2 aromatic rings. The van der Waals surface area contributed by atoms with Crippen LogP contribution in [0.5, 0.6) is 11.6 Å². The number of rotatable bonds is 4. The molecular formula is C16H15N3O4. The Balaban J connectivity index is 1.76. The van der Waals surface area contributed by atoms with E-state index in [4.69, 9.17) is 9.47 Å². The van der Waals surface area contributed by atoms with Gasteiger partial charge < -0.3 is 14.8 Å². The number of nitrogens with zero attached hydrogens (tertiary/aromatic N) is 2. The van der Waals surface area contributed by atoms with Crippen molar-refractivity contribution in [3.63, 3.8) is 0 Å². The predicted octanol–water partition coefficient (Wildman–Crippen LogP) is 1.45. The zero-order chi connectivity index (χ0) is 16.2. The number of amides is 2. The van der Waals surface area contributed by atoms with Gasteiger partial charge in [0.15, 0.2) is 6.61 Å². The fourth-order valence-electron chi connectivity index (χ4n) is 2.31. The number of hydrogen-bond acceptors (Lipinski definition) is 5. The highest BCUT2D eigenvalue weighted by atomic mass is 16.5. The number of fused-ring (bicyclic) bond motifs is 1. The van der Waals surface area contributed by atoms with E-state index in [-0.39, 0.29) is 25.0 Å². The number of carbonyl (C=O) groups is 2. The van der Waals surface area contributed by atoms with Crippen LogP contribution in [0, 0.1) is 0 Å². The van der Waals surface area contributed by atoms with Crippen LogP contribution in [-0.2, 0) is 9.59 Å². The standard InChI is InChI=1S/C16H15N3O4/c1-22-16-11(5-4-8-17-16)18-14(20)9-19-12-6-2-3-7-13(12)23-10-15(19)21/h2-8H,9-10H2,1H3,(H,18,20). The largest absolute Gasteiger partial charge is 0.482 e. The summed E-state index contributed by atoms with van der Waals surface area (Å²) in [5, 5.41) is 2.70. The number of hydrogen-bond donors (Lipinski definition) is 1. The Kier molecular flexibility index (Phi) is 4.09. The van der Waals surface area contributed by atoms with Gasteiger partial charge in [0.1, 0.15) is 18.0 Å². The van der Waals surface area contributed by atoms with Gasteiger partial charge in [-0.1, -0.05) is 12.1 Å². The summed E-state index contributed by atoms with van der Waals surface area (Å²) < 4.78 is 10.4. The van der Waals surface area contributed by atoms with Gasteiger partial charge in [-0.3, -0.25) is 14.5 Å². The lowest BCUT2D eigenvalue weighted by atomic mass is 10.2. The number of pyridine rings is 1. The molecule has 1 aromatic heterocycles. The molecule has 1 aliphatic rings. The number of nitrogens with one attached hydrogen (secondary N) is 1. The SMILES string of the molecule is COc1ncccc1NC(=O)CN1C(=O)COc2ccccc21. The lowest BCUT2D eigenvalue weighted by Crippen LogP contribution is -2.43. The smallest absolute Gasteiger partial charge is 0.265 e. The first-order valence-corrected chi connectivity index (χ1v) is 7.00. The van der Waals surface area contributed by atoms with Gasteiger partial charge >= 0.3 is 0 Å². The van der Waals surface area contributed by atoms with Crippen molar-refractivity contribution < 1.29 is 19.1 Å². The third-order valence-electron chi connectivity index (χ3n) is 3.35. The Labute approximate surface area is 132 Å². The fourth-order valence-corrected chi connectivity index (χ4v) is 2.31. The predicted molar refractivity (Wildman–Crippen MR) is 83.7 cm³/mol. The van der Waals surface area contributed by atoms with Crippen molar-refractivity contribution in [1.29, 1.82) is 0 Å². The van der Waals surface area contributed by atoms with E-state index in [1.54, 1.807) is 36.5 Å². The molecule has 1 N–H and O–H groups in total. The number of methoxy groups -OCH3 is 1. The fraction of sp³-hybridized carbons (Fsp3) is 0.188.